The van der Waals surface area contributed by atoms with Gasteiger partial charge in [-0.2, -0.15) is 0 Å². The highest BCUT2D eigenvalue weighted by Gasteiger charge is 2.26. The molecule has 2 heterocycles. The van der Waals surface area contributed by atoms with Crippen molar-refractivity contribution in [2.24, 2.45) is 10.3 Å². The van der Waals surface area contributed by atoms with Crippen LogP contribution in [0.1, 0.15) is 11.1 Å². The number of sulfonamides is 2. The summed E-state index contributed by atoms with van der Waals surface area (Å²) in [7, 11) is -11.6. The normalized spacial score (nSPS) is 15.2. The fourth-order valence-corrected chi connectivity index (χ4v) is 7.33. The molecule has 2 aliphatic heterocycles. The quantitative estimate of drug-likeness (QED) is 0.317. The Hall–Kier alpha value is -4.15. The third-order valence-corrected chi connectivity index (χ3v) is 10.8. The lowest BCUT2D eigenvalue weighted by Gasteiger charge is -2.31. The molecule has 4 N–H and O–H groups in total. The maximum Gasteiger partial charge on any atom is 0.238 e. The van der Waals surface area contributed by atoms with E-state index in [-0.39, 0.29) is 33.0 Å². The number of ether oxygens (including phenoxy) is 2. The highest BCUT2D eigenvalue weighted by molar-refractivity contribution is 7.91. The number of rotatable bonds is 6. The summed E-state index contributed by atoms with van der Waals surface area (Å²) in [4.78, 5) is 3.84. The largest absolute Gasteiger partial charge is 0.473 e. The molecule has 0 radical (unpaired) electrons. The standard InChI is InChI=1S/C28H26N4O8S3/c29-42(35,36)23-5-1-21(2-6-23)31-15-19-13-25(9-11-27(19)39-17-31)41(33,34)26-10-12-28-20(14-26)16-32(18-40-28)22-3-7-24(8-4-22)43(30,37)38/h1-14H,15-18H2,(H2,29,35,36)(H2,30,37,38). The molecule has 224 valence electrons. The second-order valence-electron chi connectivity index (χ2n) is 10.1. The zero-order valence-electron chi connectivity index (χ0n) is 22.5. The van der Waals surface area contributed by atoms with Crippen LogP contribution in [0.15, 0.2) is 105 Å². The van der Waals surface area contributed by atoms with Gasteiger partial charge in [0.1, 0.15) is 11.5 Å². The number of nitrogens with two attached hydrogens (primary N) is 2. The summed E-state index contributed by atoms with van der Waals surface area (Å²) in [5.41, 5.74) is 2.67. The lowest BCUT2D eigenvalue weighted by Crippen LogP contribution is -2.32. The molecule has 0 atom stereocenters. The number of hydrogen-bond acceptors (Lipinski definition) is 10. The van der Waals surface area contributed by atoms with Gasteiger partial charge >= 0.3 is 0 Å². The number of sulfone groups is 1. The Bertz CT molecular complexity index is 1910. The summed E-state index contributed by atoms with van der Waals surface area (Å²) in [5, 5.41) is 10.4. The number of hydrogen-bond donors (Lipinski definition) is 2. The third kappa shape index (κ3) is 5.77. The Kier molecular flexibility index (Phi) is 7.09. The number of anilines is 2. The van der Waals surface area contributed by atoms with E-state index in [2.05, 4.69) is 0 Å². The van der Waals surface area contributed by atoms with Gasteiger partial charge in [-0.25, -0.2) is 35.5 Å². The first-order valence-electron chi connectivity index (χ1n) is 12.8. The first kappa shape index (κ1) is 28.9. The molecule has 4 aromatic carbocycles. The molecular formula is C28H26N4O8S3. The monoisotopic (exact) mass is 642 g/mol. The van der Waals surface area contributed by atoms with Crippen molar-refractivity contribution in [3.63, 3.8) is 0 Å². The molecular weight excluding hydrogens is 617 g/mol. The molecule has 0 aliphatic carbocycles. The molecule has 0 spiro atoms. The SMILES string of the molecule is NS(=O)(=O)c1ccc(N2COc3ccc(S(=O)(=O)c4ccc5c(c4)CN(c4ccc(S(N)(=O)=O)cc4)CO5)cc3C2)cc1. The molecule has 0 amide bonds. The molecule has 6 rings (SSSR count). The average molecular weight is 643 g/mol. The minimum atomic E-state index is -3.92. The van der Waals surface area contributed by atoms with Crippen LogP contribution in [-0.2, 0) is 43.0 Å². The Morgan fingerprint density at radius 1 is 0.512 bits per heavy atom. The number of nitrogens with zero attached hydrogens (tertiary/aromatic N) is 2. The zero-order chi connectivity index (χ0) is 30.6. The van der Waals surface area contributed by atoms with E-state index < -0.39 is 29.9 Å². The van der Waals surface area contributed by atoms with E-state index >= 15 is 0 Å². The zero-order valence-corrected chi connectivity index (χ0v) is 24.9. The molecule has 0 bridgehead atoms. The van der Waals surface area contributed by atoms with Gasteiger partial charge in [0.05, 0.1) is 19.6 Å². The van der Waals surface area contributed by atoms with Crippen molar-refractivity contribution in [3.8, 4) is 11.5 Å². The maximum absolute atomic E-state index is 13.7. The molecule has 12 nitrogen and oxygen atoms in total. The van der Waals surface area contributed by atoms with Crippen molar-refractivity contribution in [2.45, 2.75) is 32.7 Å². The van der Waals surface area contributed by atoms with Gasteiger partial charge in [-0.1, -0.05) is 0 Å². The van der Waals surface area contributed by atoms with Crippen molar-refractivity contribution in [1.29, 1.82) is 0 Å². The average Bonchev–Trinajstić information content (AvgIpc) is 2.99. The van der Waals surface area contributed by atoms with E-state index in [0.717, 1.165) is 0 Å². The Morgan fingerprint density at radius 2 is 0.860 bits per heavy atom. The predicted octanol–water partition coefficient (Wildman–Crippen LogP) is 2.53. The topological polar surface area (TPSA) is 179 Å². The summed E-state index contributed by atoms with van der Waals surface area (Å²) in [6, 6.07) is 21.5. The second-order valence-corrected chi connectivity index (χ2v) is 15.1. The van der Waals surface area contributed by atoms with Gasteiger partial charge in [-0.05, 0) is 84.9 Å². The van der Waals surface area contributed by atoms with Crippen LogP contribution in [0.5, 0.6) is 11.5 Å². The minimum Gasteiger partial charge on any atom is -0.473 e. The first-order valence-corrected chi connectivity index (χ1v) is 17.4. The summed E-state index contributed by atoms with van der Waals surface area (Å²) in [5.74, 6) is 1.11. The van der Waals surface area contributed by atoms with Crippen LogP contribution in [0.25, 0.3) is 0 Å². The van der Waals surface area contributed by atoms with E-state index in [9.17, 15) is 25.3 Å². The van der Waals surface area contributed by atoms with Crippen LogP contribution in [0.3, 0.4) is 0 Å². The number of fused-ring (bicyclic) bond motifs is 2. The molecule has 0 saturated heterocycles. The number of primary sulfonamides is 2. The summed E-state index contributed by atoms with van der Waals surface area (Å²) < 4.78 is 85.5. The summed E-state index contributed by atoms with van der Waals surface area (Å²) in [6.45, 7) is 1.06. The van der Waals surface area contributed by atoms with E-state index in [0.29, 0.717) is 47.1 Å². The first-order chi connectivity index (χ1) is 20.3. The molecule has 2 aliphatic rings. The Labute approximate surface area is 249 Å². The van der Waals surface area contributed by atoms with E-state index in [1.807, 2.05) is 9.80 Å². The van der Waals surface area contributed by atoms with E-state index in [4.69, 9.17) is 19.8 Å². The van der Waals surface area contributed by atoms with Crippen molar-refractivity contribution < 1.29 is 34.7 Å². The smallest absolute Gasteiger partial charge is 0.238 e. The molecule has 0 saturated carbocycles. The fourth-order valence-electron chi connectivity index (χ4n) is 4.93. The van der Waals surface area contributed by atoms with Gasteiger partial charge in [0.25, 0.3) is 0 Å². The van der Waals surface area contributed by atoms with Crippen LogP contribution < -0.4 is 29.6 Å². The molecule has 4 aromatic rings. The van der Waals surface area contributed by atoms with Crippen LogP contribution in [0.2, 0.25) is 0 Å². The van der Waals surface area contributed by atoms with Gasteiger partial charge < -0.3 is 19.3 Å². The molecule has 0 unspecified atom stereocenters. The lowest BCUT2D eigenvalue weighted by atomic mass is 10.1. The Balaban J connectivity index is 1.24. The van der Waals surface area contributed by atoms with Crippen molar-refractivity contribution in [1.82, 2.24) is 0 Å². The van der Waals surface area contributed by atoms with Crippen LogP contribution >= 0.6 is 0 Å². The van der Waals surface area contributed by atoms with Gasteiger partial charge in [0, 0.05) is 35.6 Å². The van der Waals surface area contributed by atoms with Gasteiger partial charge in [-0.15, -0.1) is 0 Å². The fraction of sp³-hybridized carbons (Fsp3) is 0.143. The Morgan fingerprint density at radius 3 is 1.21 bits per heavy atom. The molecule has 43 heavy (non-hydrogen) atoms. The van der Waals surface area contributed by atoms with Crippen molar-refractivity contribution in [2.75, 3.05) is 23.3 Å². The molecule has 0 fully saturated rings. The predicted molar refractivity (Wildman–Crippen MR) is 157 cm³/mol. The summed E-state index contributed by atoms with van der Waals surface area (Å²) in [6.07, 6.45) is 0. The molecule has 0 aromatic heterocycles. The van der Waals surface area contributed by atoms with Gasteiger partial charge in [0.2, 0.25) is 29.9 Å². The third-order valence-electron chi connectivity index (χ3n) is 7.22. The highest BCUT2D eigenvalue weighted by atomic mass is 32.2. The van der Waals surface area contributed by atoms with Crippen molar-refractivity contribution >= 4 is 41.3 Å². The van der Waals surface area contributed by atoms with Crippen LogP contribution in [-0.4, -0.2) is 38.7 Å². The second kappa shape index (κ2) is 10.5. The minimum absolute atomic E-state index is 0.0125. The maximum atomic E-state index is 13.7. The van der Waals surface area contributed by atoms with Crippen LogP contribution in [0.4, 0.5) is 11.4 Å². The molecule has 15 heteroatoms. The van der Waals surface area contributed by atoms with Gasteiger partial charge in [0.15, 0.2) is 13.5 Å². The van der Waals surface area contributed by atoms with Crippen LogP contribution in [0, 0.1) is 0 Å². The van der Waals surface area contributed by atoms with E-state index in [1.54, 1.807) is 48.5 Å². The highest BCUT2D eigenvalue weighted by Crippen LogP contribution is 2.35. The van der Waals surface area contributed by atoms with Crippen molar-refractivity contribution in [3.05, 3.63) is 96.1 Å². The number of benzene rings is 4. The van der Waals surface area contributed by atoms with Gasteiger partial charge in [-0.3, -0.25) is 0 Å². The summed E-state index contributed by atoms with van der Waals surface area (Å²) >= 11 is 0. The van der Waals surface area contributed by atoms with E-state index in [1.165, 1.54) is 36.4 Å². The lowest BCUT2D eigenvalue weighted by molar-refractivity contribution is 0.289.